The molecule has 0 fully saturated rings. The van der Waals surface area contributed by atoms with Crippen LogP contribution in [-0.4, -0.2) is 169 Å². The zero-order chi connectivity index (χ0) is 86.2. The van der Waals surface area contributed by atoms with Crippen LogP contribution in [0.2, 0.25) is 0 Å². The topological polar surface area (TPSA) is 461 Å². The number of aliphatic hydroxyl groups excluding tert-OH is 1. The summed E-state index contributed by atoms with van der Waals surface area (Å²) in [4.78, 5) is 74.1. The van der Waals surface area contributed by atoms with Crippen LogP contribution in [0, 0.1) is 38.5 Å². The maximum atomic E-state index is 12.5. The number of halogens is 14. The molecule has 18 N–H and O–H groups in total. The molecule has 0 aliphatic rings. The van der Waals surface area contributed by atoms with Gasteiger partial charge < -0.3 is 80.1 Å². The fourth-order valence-corrected chi connectivity index (χ4v) is 7.03. The van der Waals surface area contributed by atoms with E-state index in [4.69, 9.17) is 60.2 Å². The van der Waals surface area contributed by atoms with Gasteiger partial charge in [-0.3, -0.25) is 14.4 Å². The highest BCUT2D eigenvalue weighted by atomic mass is 19.3. The summed E-state index contributed by atoms with van der Waals surface area (Å²) in [7, 11) is 1.18. The molecule has 41 heteroatoms. The predicted octanol–water partition coefficient (Wildman–Crippen LogP) is 14.8. The van der Waals surface area contributed by atoms with Crippen molar-refractivity contribution in [3.63, 3.8) is 0 Å². The number of primary amides is 2. The Balaban J connectivity index is -0.000000390. The van der Waals surface area contributed by atoms with Crippen LogP contribution >= 0.6 is 0 Å². The van der Waals surface area contributed by atoms with Gasteiger partial charge in [0.25, 0.3) is 11.8 Å². The number of ether oxygens (including phenoxy) is 4. The summed E-state index contributed by atoms with van der Waals surface area (Å²) < 4.78 is 180. The molecule has 27 nitrogen and oxygen atoms in total. The number of azide groups is 1. The lowest BCUT2D eigenvalue weighted by Gasteiger charge is -2.20. The number of aliphatic hydroxyl groups is 1. The van der Waals surface area contributed by atoms with E-state index in [1.54, 1.807) is 82.2 Å². The van der Waals surface area contributed by atoms with Gasteiger partial charge in [0.05, 0.1) is 13.0 Å². The zero-order valence-corrected chi connectivity index (χ0v) is 64.6. The Morgan fingerprint density at radius 2 is 0.945 bits per heavy atom. The number of amides is 2. The first-order valence-electron chi connectivity index (χ1n) is 34.1. The third-order valence-corrected chi connectivity index (χ3v) is 12.7. The van der Waals surface area contributed by atoms with E-state index in [9.17, 15) is 85.4 Å². The second-order valence-corrected chi connectivity index (χ2v) is 25.9. The Morgan fingerprint density at radius 1 is 0.564 bits per heavy atom. The summed E-state index contributed by atoms with van der Waals surface area (Å²) in [5.41, 5.74) is 47.0. The van der Waals surface area contributed by atoms with Crippen LogP contribution in [0.15, 0.2) is 66.0 Å². The summed E-state index contributed by atoms with van der Waals surface area (Å²) in [6, 6.07) is 13.3. The Hall–Kier alpha value is -8.76. The van der Waals surface area contributed by atoms with Crippen molar-refractivity contribution < 1.29 is 109 Å². The van der Waals surface area contributed by atoms with Crippen LogP contribution in [-0.2, 0) is 23.7 Å². The Bertz CT molecular complexity index is 3100. The molecule has 2 aromatic heterocycles. The van der Waals surface area contributed by atoms with Gasteiger partial charge in [-0.2, -0.15) is 4.98 Å². The maximum absolute atomic E-state index is 12.5. The molecular weight excluding hydrogens is 1490 g/mol. The van der Waals surface area contributed by atoms with Gasteiger partial charge >= 0.3 is 18.3 Å². The van der Waals surface area contributed by atoms with Gasteiger partial charge in [0.15, 0.2) is 0 Å². The SMILES string of the molecule is CC(C)(C)OC(=O)OC(=O)OC(C)(C)C.CC[C@H](N)CC(F)F.CC[C@H](N)CC(F)F.COC(=O)[C@H](C)CC(F)F.C[C@@H](CN=[N+]=[N-])CC(F)F.C[C@@H](CO)CC(F)F.Cc1cccc(Nc2nc(C)ncc2C(N)=O)c1.Cc1cccc(Nc2nc(N[C@@H](CN)CC(F)F)ncc2C(N)=O)c1.NC[C@H](N)CC(F)F. The number of nitrogens with one attached hydrogen (secondary N) is 3. The van der Waals surface area contributed by atoms with Gasteiger partial charge in [0.1, 0.15) is 39.8 Å². The summed E-state index contributed by atoms with van der Waals surface area (Å²) in [5.74, 6) is -1.76. The minimum absolute atomic E-state index is 0.00802. The molecule has 0 unspecified atom stereocenters. The largest absolute Gasteiger partial charge is 0.519 e. The molecule has 2 heterocycles. The maximum Gasteiger partial charge on any atom is 0.519 e. The number of nitrogens with zero attached hydrogens (tertiary/aromatic N) is 7. The monoisotopic (exact) mass is 1610 g/mol. The number of carbonyl (C=O) groups is 5. The lowest BCUT2D eigenvalue weighted by Crippen LogP contribution is -2.31. The van der Waals surface area contributed by atoms with Crippen molar-refractivity contribution in [2.45, 2.75) is 235 Å². The van der Waals surface area contributed by atoms with Crippen molar-refractivity contribution in [2.75, 3.05) is 49.3 Å². The van der Waals surface area contributed by atoms with Gasteiger partial charge in [-0.25, -0.2) is 86.0 Å². The predicted molar refractivity (Wildman–Crippen MR) is 393 cm³/mol. The van der Waals surface area contributed by atoms with Crippen molar-refractivity contribution in [1.82, 2.24) is 19.9 Å². The molecule has 0 saturated carbocycles. The van der Waals surface area contributed by atoms with E-state index in [0.29, 0.717) is 30.2 Å². The van der Waals surface area contributed by atoms with E-state index >= 15 is 0 Å². The fourth-order valence-electron chi connectivity index (χ4n) is 7.03. The number of rotatable bonds is 30. The van der Waals surface area contributed by atoms with E-state index < -0.39 is 117 Å². The van der Waals surface area contributed by atoms with Crippen molar-refractivity contribution in [3.8, 4) is 0 Å². The second kappa shape index (κ2) is 61.9. The van der Waals surface area contributed by atoms with Crippen molar-refractivity contribution in [1.29, 1.82) is 0 Å². The number of hydrogen-bond donors (Lipinski definition) is 11. The minimum atomic E-state index is -2.50. The van der Waals surface area contributed by atoms with E-state index in [1.165, 1.54) is 26.4 Å². The fraction of sp³-hybridized carbons (Fsp3) is 0.638. The zero-order valence-electron chi connectivity index (χ0n) is 64.6. The number of anilines is 5. The second-order valence-electron chi connectivity index (χ2n) is 25.9. The summed E-state index contributed by atoms with van der Waals surface area (Å²) in [6.45, 7) is 24.0. The van der Waals surface area contributed by atoms with Crippen LogP contribution in [0.25, 0.3) is 10.4 Å². The van der Waals surface area contributed by atoms with Crippen LogP contribution in [0.3, 0.4) is 0 Å². The average molecular weight is 1610 g/mol. The number of carbonyl (C=O) groups excluding carboxylic acids is 5. The first-order valence-corrected chi connectivity index (χ1v) is 34.1. The molecule has 0 saturated heterocycles. The molecule has 4 rings (SSSR count). The number of nitrogens with two attached hydrogens (primary N) is 7. The molecule has 0 bridgehead atoms. The number of alkyl halides is 14. The van der Waals surface area contributed by atoms with Gasteiger partial charge in [-0.1, -0.05) is 64.0 Å². The highest BCUT2D eigenvalue weighted by molar-refractivity contribution is 5.98. The Labute approximate surface area is 633 Å². The smallest absolute Gasteiger partial charge is 0.469 e. The molecular formula is C69H113F14N17O10. The van der Waals surface area contributed by atoms with Crippen molar-refractivity contribution in [3.05, 3.63) is 99.4 Å². The number of esters is 1. The van der Waals surface area contributed by atoms with Crippen LogP contribution < -0.4 is 56.1 Å². The third-order valence-electron chi connectivity index (χ3n) is 12.7. The number of benzene rings is 2. The Kier molecular flexibility index (Phi) is 61.9. The number of hydrogen-bond acceptors (Lipinski definition) is 23. The molecule has 632 valence electrons. The standard InChI is InChI=1S/C16H20F2N6O.C13H14N4O.C10H18O5.C6H10F2O2.C5H9F2N3.2C5H11F2N.C5H10F2O.C4H10F2N2/c1-9-3-2-4-10(5-9)22-15-12(14(20)25)8-21-16(24-15)23-11(7-19)6-13(17)18;1-8-4-3-5-10(6-8)17-13-11(12(14)18)7-15-9(2)16-13;1-9(2,3)14-7(11)13-8(12)15-10(4,5)6;1-4(3-5(7)8)6(9)10-2;1-4(2-5(6)7)3-9-10-8;2*1-2-4(8)3-5(6)7;1-4(3-8)2-5(6)7;5-4(6)1-3(8)2-7/h2-5,8,11,13H,6-7,19H2,1H3,(H2,20,25)(H2,21,22,23,24);3-7H,1-2H3,(H2,14,18)(H,15,16,17);1-6H3;4-5H,3H2,1-2H3;4-5H,2-3H2,1H3;2*4-5H,2-3,8H2,1H3;4-5,8H,2-3H2,1H3;3-4H,1-2,7-8H2/t11-;;;5*4-;3-/m1..110011/s1. The van der Waals surface area contributed by atoms with Crippen LogP contribution in [0.5, 0.6) is 0 Å². The van der Waals surface area contributed by atoms with Crippen LogP contribution in [0.4, 0.5) is 100 Å². The van der Waals surface area contributed by atoms with Crippen LogP contribution in [0.1, 0.15) is 172 Å². The van der Waals surface area contributed by atoms with Crippen molar-refractivity contribution >= 4 is 59.1 Å². The van der Waals surface area contributed by atoms with E-state index in [1.807, 2.05) is 56.3 Å². The lowest BCUT2D eigenvalue weighted by atomic mass is 10.1. The molecule has 0 spiro atoms. The van der Waals surface area contributed by atoms with E-state index in [0.717, 1.165) is 16.8 Å². The number of aromatic nitrogens is 4. The number of aryl methyl sites for hydroxylation is 3. The molecule has 2 aromatic carbocycles. The van der Waals surface area contributed by atoms with Gasteiger partial charge in [0, 0.05) is 124 Å². The number of methoxy groups -OCH3 is 1. The molecule has 110 heavy (non-hydrogen) atoms. The summed E-state index contributed by atoms with van der Waals surface area (Å²) in [6.07, 6.45) is -16.4. The van der Waals surface area contributed by atoms with E-state index in [2.05, 4.69) is 55.4 Å². The minimum Gasteiger partial charge on any atom is -0.469 e. The average Bonchev–Trinajstić information content (AvgIpc) is 0.838. The molecule has 0 aliphatic carbocycles. The molecule has 2 amide bonds. The first-order chi connectivity index (χ1) is 50.8. The van der Waals surface area contributed by atoms with Crippen molar-refractivity contribution in [2.24, 2.45) is 63.0 Å². The van der Waals surface area contributed by atoms with Gasteiger partial charge in [-0.05, 0) is 128 Å². The Morgan fingerprint density at radius 3 is 1.25 bits per heavy atom. The lowest BCUT2D eigenvalue weighted by molar-refractivity contribution is -0.146. The first kappa shape index (κ1) is 110. The third kappa shape index (κ3) is 67.4. The van der Waals surface area contributed by atoms with Gasteiger partial charge in [0.2, 0.25) is 50.9 Å². The quantitative estimate of drug-likeness (QED) is 0.00439. The molecule has 4 aromatic rings. The molecule has 0 radical (unpaired) electrons. The van der Waals surface area contributed by atoms with E-state index in [-0.39, 0.29) is 105 Å². The molecule has 0 aliphatic heterocycles. The normalized spacial score (nSPS) is 12.6. The molecule has 7 atom stereocenters. The summed E-state index contributed by atoms with van der Waals surface area (Å²) in [5, 5.41) is 20.2. The highest BCUT2D eigenvalue weighted by Crippen LogP contribution is 2.23. The highest BCUT2D eigenvalue weighted by Gasteiger charge is 2.25. The van der Waals surface area contributed by atoms with Gasteiger partial charge in [-0.15, -0.1) is 0 Å². The summed E-state index contributed by atoms with van der Waals surface area (Å²) >= 11 is 0.